The molecule has 0 saturated carbocycles. The van der Waals surface area contributed by atoms with E-state index in [1.165, 1.54) is 0 Å². The van der Waals surface area contributed by atoms with E-state index in [1.807, 2.05) is 0 Å². The Morgan fingerprint density at radius 1 is 1.56 bits per heavy atom. The number of hydrogen-bond acceptors (Lipinski definition) is 4. The van der Waals surface area contributed by atoms with Crippen molar-refractivity contribution < 1.29 is 19.8 Å². The number of carbonyl (C=O) groups is 2. The highest BCUT2D eigenvalue weighted by Gasteiger charge is 2.17. The van der Waals surface area contributed by atoms with Crippen molar-refractivity contribution >= 4 is 11.6 Å². The predicted molar refractivity (Wildman–Crippen MR) is 28.8 cm³/mol. The molecule has 9 heavy (non-hydrogen) atoms. The highest BCUT2D eigenvalue weighted by Crippen LogP contribution is 1.84. The lowest BCUT2D eigenvalue weighted by Crippen LogP contribution is -2.29. The summed E-state index contributed by atoms with van der Waals surface area (Å²) in [5, 5.41) is 16.6. The van der Waals surface area contributed by atoms with Crippen LogP contribution in [0.3, 0.4) is 0 Å². The molecule has 1 atom stereocenters. The van der Waals surface area contributed by atoms with E-state index in [4.69, 9.17) is 10.2 Å². The van der Waals surface area contributed by atoms with Gasteiger partial charge in [0.25, 0.3) is 0 Å². The molecule has 0 rings (SSSR count). The van der Waals surface area contributed by atoms with Crippen molar-refractivity contribution in [3.63, 3.8) is 0 Å². The Balaban J connectivity index is 3.88. The number of carbonyl (C=O) groups excluding carboxylic acids is 2. The molecule has 0 saturated heterocycles. The molecule has 0 aromatic heterocycles. The number of hydrogen-bond donors (Lipinski definition) is 2. The van der Waals surface area contributed by atoms with Gasteiger partial charge in [0, 0.05) is 6.92 Å². The van der Waals surface area contributed by atoms with E-state index in [-0.39, 0.29) is 0 Å². The van der Waals surface area contributed by atoms with Gasteiger partial charge in [0.05, 0.1) is 6.61 Å². The summed E-state index contributed by atoms with van der Waals surface area (Å²) in [5.41, 5.74) is 0. The van der Waals surface area contributed by atoms with Crippen LogP contribution in [-0.2, 0) is 9.59 Å². The molecule has 0 fully saturated rings. The summed E-state index contributed by atoms with van der Waals surface area (Å²) in [6.07, 6.45) is -1.54. The summed E-state index contributed by atoms with van der Waals surface area (Å²) in [4.78, 5) is 20.4. The Bertz CT molecular complexity index is 129. The molecule has 0 aliphatic carbocycles. The lowest BCUT2D eigenvalue weighted by molar-refractivity contribution is -0.141. The first-order chi connectivity index (χ1) is 4.09. The van der Waals surface area contributed by atoms with Crippen molar-refractivity contribution in [1.82, 2.24) is 0 Å². The first-order valence-electron chi connectivity index (χ1n) is 2.43. The summed E-state index contributed by atoms with van der Waals surface area (Å²) in [7, 11) is 0. The smallest absolute Gasteiger partial charge is 0.228 e. The zero-order chi connectivity index (χ0) is 7.44. The molecular weight excluding hydrogens is 124 g/mol. The Morgan fingerprint density at radius 3 is 2.11 bits per heavy atom. The van der Waals surface area contributed by atoms with Gasteiger partial charge in [-0.05, 0) is 0 Å². The van der Waals surface area contributed by atoms with Crippen LogP contribution in [0.25, 0.3) is 0 Å². The molecule has 0 aliphatic heterocycles. The molecular formula is C5H8O4. The molecule has 0 radical (unpaired) electrons. The summed E-state index contributed by atoms with van der Waals surface area (Å²) >= 11 is 0. The third-order valence-corrected chi connectivity index (χ3v) is 0.823. The van der Waals surface area contributed by atoms with Gasteiger partial charge in [-0.1, -0.05) is 0 Å². The van der Waals surface area contributed by atoms with Gasteiger partial charge in [0.2, 0.25) is 5.78 Å². The Hall–Kier alpha value is -0.740. The lowest BCUT2D eigenvalue weighted by atomic mass is 10.2. The SMILES string of the molecule is CC(=O)C(=O)[C@H](O)CO. The van der Waals surface area contributed by atoms with Crippen LogP contribution in [-0.4, -0.2) is 34.5 Å². The van der Waals surface area contributed by atoms with Crippen LogP contribution in [0, 0.1) is 0 Å². The van der Waals surface area contributed by atoms with E-state index in [0.29, 0.717) is 0 Å². The molecule has 2 N–H and O–H groups in total. The predicted octanol–water partition coefficient (Wildman–Crippen LogP) is -1.50. The number of ketones is 2. The monoisotopic (exact) mass is 132 g/mol. The maximum absolute atomic E-state index is 10.3. The maximum atomic E-state index is 10.3. The minimum atomic E-state index is -1.54. The minimum Gasteiger partial charge on any atom is -0.393 e. The Labute approximate surface area is 52.1 Å². The normalized spacial score (nSPS) is 12.8. The van der Waals surface area contributed by atoms with E-state index in [1.54, 1.807) is 0 Å². The molecule has 0 heterocycles. The summed E-state index contributed by atoms with van der Waals surface area (Å²) in [6, 6.07) is 0. The summed E-state index contributed by atoms with van der Waals surface area (Å²) < 4.78 is 0. The van der Waals surface area contributed by atoms with Gasteiger partial charge in [-0.2, -0.15) is 0 Å². The largest absolute Gasteiger partial charge is 0.393 e. The van der Waals surface area contributed by atoms with Gasteiger partial charge in [0.15, 0.2) is 5.78 Å². The second-order valence-electron chi connectivity index (χ2n) is 1.62. The van der Waals surface area contributed by atoms with E-state index in [9.17, 15) is 9.59 Å². The fourth-order valence-electron chi connectivity index (χ4n) is 0.318. The first kappa shape index (κ1) is 8.26. The molecule has 0 amide bonds. The van der Waals surface area contributed by atoms with Crippen molar-refractivity contribution in [3.05, 3.63) is 0 Å². The molecule has 4 heteroatoms. The van der Waals surface area contributed by atoms with Crippen molar-refractivity contribution in [1.29, 1.82) is 0 Å². The van der Waals surface area contributed by atoms with Gasteiger partial charge in [-0.15, -0.1) is 0 Å². The first-order valence-corrected chi connectivity index (χ1v) is 2.43. The molecule has 0 aliphatic rings. The highest BCUT2D eigenvalue weighted by atomic mass is 16.3. The van der Waals surface area contributed by atoms with Crippen LogP contribution in [0.2, 0.25) is 0 Å². The Kier molecular flexibility index (Phi) is 3.05. The van der Waals surface area contributed by atoms with Gasteiger partial charge < -0.3 is 10.2 Å². The van der Waals surface area contributed by atoms with Crippen LogP contribution in [0.1, 0.15) is 6.92 Å². The van der Waals surface area contributed by atoms with Crippen molar-refractivity contribution in [3.8, 4) is 0 Å². The average molecular weight is 132 g/mol. The molecule has 0 unspecified atom stereocenters. The zero-order valence-electron chi connectivity index (χ0n) is 5.00. The fraction of sp³-hybridized carbons (Fsp3) is 0.600. The molecule has 0 aromatic rings. The summed E-state index contributed by atoms with van der Waals surface area (Å²) in [6.45, 7) is 0.347. The standard InChI is InChI=1S/C5H8O4/c1-3(7)5(9)4(8)2-6/h4,6,8H,2H2,1H3/t4-/m1/s1. The van der Waals surface area contributed by atoms with E-state index in [2.05, 4.69) is 0 Å². The zero-order valence-corrected chi connectivity index (χ0v) is 5.00. The van der Waals surface area contributed by atoms with Crippen molar-refractivity contribution in [2.75, 3.05) is 6.61 Å². The molecule has 4 nitrogen and oxygen atoms in total. The number of aliphatic hydroxyl groups excluding tert-OH is 2. The number of rotatable bonds is 3. The van der Waals surface area contributed by atoms with Crippen molar-refractivity contribution in [2.45, 2.75) is 13.0 Å². The fourth-order valence-corrected chi connectivity index (χ4v) is 0.318. The van der Waals surface area contributed by atoms with Gasteiger partial charge in [-0.25, -0.2) is 0 Å². The number of Topliss-reactive ketones (excluding diaryl/α,β-unsaturated/α-hetero) is 2. The maximum Gasteiger partial charge on any atom is 0.228 e. The van der Waals surface area contributed by atoms with E-state index < -0.39 is 24.3 Å². The third-order valence-electron chi connectivity index (χ3n) is 0.823. The highest BCUT2D eigenvalue weighted by molar-refractivity contribution is 6.37. The van der Waals surface area contributed by atoms with Crippen LogP contribution < -0.4 is 0 Å². The average Bonchev–Trinajstić information content (AvgIpc) is 1.84. The molecule has 52 valence electrons. The Morgan fingerprint density at radius 2 is 2.00 bits per heavy atom. The summed E-state index contributed by atoms with van der Waals surface area (Å²) in [5.74, 6) is -1.69. The quantitative estimate of drug-likeness (QED) is 0.458. The lowest BCUT2D eigenvalue weighted by Gasteiger charge is -1.99. The third kappa shape index (κ3) is 2.34. The molecule has 0 aromatic carbocycles. The van der Waals surface area contributed by atoms with E-state index >= 15 is 0 Å². The second kappa shape index (κ2) is 3.32. The molecule has 0 bridgehead atoms. The second-order valence-corrected chi connectivity index (χ2v) is 1.62. The number of aliphatic hydroxyl groups is 2. The van der Waals surface area contributed by atoms with Gasteiger partial charge in [0.1, 0.15) is 6.10 Å². The minimum absolute atomic E-state index is 0.696. The van der Waals surface area contributed by atoms with Crippen LogP contribution in [0.5, 0.6) is 0 Å². The van der Waals surface area contributed by atoms with Crippen LogP contribution in [0.4, 0.5) is 0 Å². The topological polar surface area (TPSA) is 74.6 Å². The van der Waals surface area contributed by atoms with Gasteiger partial charge >= 0.3 is 0 Å². The molecule has 0 spiro atoms. The van der Waals surface area contributed by atoms with E-state index in [0.717, 1.165) is 6.92 Å². The van der Waals surface area contributed by atoms with Crippen LogP contribution >= 0.6 is 0 Å². The van der Waals surface area contributed by atoms with Crippen LogP contribution in [0.15, 0.2) is 0 Å². The van der Waals surface area contributed by atoms with Gasteiger partial charge in [-0.3, -0.25) is 9.59 Å². The van der Waals surface area contributed by atoms with Crippen molar-refractivity contribution in [2.24, 2.45) is 0 Å².